The number of allylic oxidation sites excluding steroid dienone is 1. The van der Waals surface area contributed by atoms with Gasteiger partial charge in [0, 0.05) is 5.70 Å². The molecule has 22 heavy (non-hydrogen) atoms. The largest absolute Gasteiger partial charge is 0.463 e. The molecule has 1 aliphatic heterocycles. The van der Waals surface area contributed by atoms with E-state index in [2.05, 4.69) is 15.4 Å². The summed E-state index contributed by atoms with van der Waals surface area (Å²) in [5, 5.41) is 7.21. The minimum Gasteiger partial charge on any atom is -0.463 e. The SMILES string of the molecule is CCOC(=O)C1=C(C)Nc2ncnn2[C@H]1c1ccc(F)cc1. The van der Waals surface area contributed by atoms with Crippen LogP contribution < -0.4 is 5.32 Å². The highest BCUT2D eigenvalue weighted by molar-refractivity contribution is 5.92. The Hall–Kier alpha value is -2.70. The van der Waals surface area contributed by atoms with Crippen LogP contribution in [0.2, 0.25) is 0 Å². The number of aromatic nitrogens is 3. The Labute approximate surface area is 126 Å². The van der Waals surface area contributed by atoms with Crippen molar-refractivity contribution in [2.24, 2.45) is 0 Å². The monoisotopic (exact) mass is 302 g/mol. The topological polar surface area (TPSA) is 69.0 Å². The first kappa shape index (κ1) is 14.2. The van der Waals surface area contributed by atoms with Gasteiger partial charge in [-0.1, -0.05) is 12.1 Å². The molecule has 2 aromatic rings. The lowest BCUT2D eigenvalue weighted by atomic mass is 9.96. The van der Waals surface area contributed by atoms with Crippen LogP contribution in [0, 0.1) is 5.82 Å². The highest BCUT2D eigenvalue weighted by Gasteiger charge is 2.34. The number of hydrogen-bond acceptors (Lipinski definition) is 5. The Morgan fingerprint density at radius 2 is 2.14 bits per heavy atom. The molecule has 7 heteroatoms. The van der Waals surface area contributed by atoms with E-state index in [1.807, 2.05) is 0 Å². The summed E-state index contributed by atoms with van der Waals surface area (Å²) in [6, 6.07) is 5.46. The van der Waals surface area contributed by atoms with Gasteiger partial charge in [-0.3, -0.25) is 0 Å². The number of halogens is 1. The molecule has 0 unspecified atom stereocenters. The van der Waals surface area contributed by atoms with Crippen molar-refractivity contribution in [3.63, 3.8) is 0 Å². The quantitative estimate of drug-likeness (QED) is 0.881. The summed E-state index contributed by atoms with van der Waals surface area (Å²) < 4.78 is 19.9. The summed E-state index contributed by atoms with van der Waals surface area (Å²) in [5.74, 6) is -0.238. The Kier molecular flexibility index (Phi) is 3.62. The van der Waals surface area contributed by atoms with E-state index in [-0.39, 0.29) is 12.4 Å². The number of hydrogen-bond donors (Lipinski definition) is 1. The first-order valence-corrected chi connectivity index (χ1v) is 6.91. The van der Waals surface area contributed by atoms with Crippen LogP contribution in [-0.4, -0.2) is 27.3 Å². The number of carbonyl (C=O) groups is 1. The molecular weight excluding hydrogens is 287 g/mol. The zero-order valence-electron chi connectivity index (χ0n) is 12.2. The van der Waals surface area contributed by atoms with Crippen LogP contribution in [0.4, 0.5) is 10.3 Å². The summed E-state index contributed by atoms with van der Waals surface area (Å²) in [6.45, 7) is 3.80. The molecule has 0 radical (unpaired) electrons. The maximum atomic E-state index is 13.2. The standard InChI is InChI=1S/C15H15FN4O2/c1-3-22-14(21)12-9(2)19-15-17-8-18-20(15)13(12)10-4-6-11(16)7-5-10/h4-8,13H,3H2,1-2H3,(H,17,18,19)/t13-/m0/s1. The van der Waals surface area contributed by atoms with Gasteiger partial charge in [-0.05, 0) is 31.5 Å². The van der Waals surface area contributed by atoms with E-state index in [1.54, 1.807) is 30.7 Å². The third kappa shape index (κ3) is 2.34. The molecule has 114 valence electrons. The van der Waals surface area contributed by atoms with Crippen molar-refractivity contribution >= 4 is 11.9 Å². The molecule has 6 nitrogen and oxygen atoms in total. The Morgan fingerprint density at radius 1 is 1.41 bits per heavy atom. The fourth-order valence-corrected chi connectivity index (χ4v) is 2.52. The van der Waals surface area contributed by atoms with E-state index in [4.69, 9.17) is 4.74 Å². The summed E-state index contributed by atoms with van der Waals surface area (Å²) >= 11 is 0. The summed E-state index contributed by atoms with van der Waals surface area (Å²) in [6.07, 6.45) is 1.40. The van der Waals surface area contributed by atoms with Gasteiger partial charge in [0.15, 0.2) is 0 Å². The number of carbonyl (C=O) groups excluding carboxylic acids is 1. The van der Waals surface area contributed by atoms with Crippen LogP contribution >= 0.6 is 0 Å². The fraction of sp³-hybridized carbons (Fsp3) is 0.267. The van der Waals surface area contributed by atoms with E-state index >= 15 is 0 Å². The zero-order valence-corrected chi connectivity index (χ0v) is 12.2. The molecule has 1 atom stereocenters. The molecule has 1 aliphatic rings. The highest BCUT2D eigenvalue weighted by atomic mass is 19.1. The van der Waals surface area contributed by atoms with Crippen LogP contribution in [0.5, 0.6) is 0 Å². The van der Waals surface area contributed by atoms with Crippen LogP contribution in [0.1, 0.15) is 25.5 Å². The molecule has 0 fully saturated rings. The lowest BCUT2D eigenvalue weighted by Gasteiger charge is -2.28. The lowest BCUT2D eigenvalue weighted by Crippen LogP contribution is -2.29. The normalized spacial score (nSPS) is 17.0. The van der Waals surface area contributed by atoms with Crippen molar-refractivity contribution in [3.8, 4) is 0 Å². The molecular formula is C15H15FN4O2. The highest BCUT2D eigenvalue weighted by Crippen LogP contribution is 2.35. The Balaban J connectivity index is 2.13. The molecule has 3 rings (SSSR count). The van der Waals surface area contributed by atoms with Crippen LogP contribution in [0.3, 0.4) is 0 Å². The van der Waals surface area contributed by atoms with Crippen LogP contribution in [0.25, 0.3) is 0 Å². The van der Waals surface area contributed by atoms with Gasteiger partial charge in [-0.2, -0.15) is 10.1 Å². The van der Waals surface area contributed by atoms with Crippen molar-refractivity contribution in [1.29, 1.82) is 0 Å². The molecule has 1 N–H and O–H groups in total. The minimum absolute atomic E-state index is 0.274. The smallest absolute Gasteiger partial charge is 0.338 e. The number of esters is 1. The van der Waals surface area contributed by atoms with Gasteiger partial charge >= 0.3 is 5.97 Å². The van der Waals surface area contributed by atoms with Gasteiger partial charge in [0.05, 0.1) is 12.2 Å². The van der Waals surface area contributed by atoms with Gasteiger partial charge in [0.2, 0.25) is 5.95 Å². The number of anilines is 1. The molecule has 1 aromatic heterocycles. The van der Waals surface area contributed by atoms with E-state index in [9.17, 15) is 9.18 Å². The fourth-order valence-electron chi connectivity index (χ4n) is 2.52. The first-order valence-electron chi connectivity index (χ1n) is 6.91. The molecule has 0 saturated heterocycles. The van der Waals surface area contributed by atoms with Gasteiger partial charge in [-0.15, -0.1) is 0 Å². The van der Waals surface area contributed by atoms with E-state index in [1.165, 1.54) is 18.5 Å². The van der Waals surface area contributed by atoms with Crippen molar-refractivity contribution < 1.29 is 13.9 Å². The second kappa shape index (κ2) is 5.59. The van der Waals surface area contributed by atoms with Crippen molar-refractivity contribution in [1.82, 2.24) is 14.8 Å². The molecule has 2 heterocycles. The van der Waals surface area contributed by atoms with E-state index < -0.39 is 12.0 Å². The average molecular weight is 302 g/mol. The number of fused-ring (bicyclic) bond motifs is 1. The minimum atomic E-state index is -0.501. The van der Waals surface area contributed by atoms with Crippen molar-refractivity contribution in [3.05, 3.63) is 53.2 Å². The van der Waals surface area contributed by atoms with E-state index in [0.717, 1.165) is 5.56 Å². The Bertz CT molecular complexity index is 736. The molecule has 0 aliphatic carbocycles. The molecule has 0 spiro atoms. The van der Waals surface area contributed by atoms with Crippen LogP contribution in [0.15, 0.2) is 41.9 Å². The van der Waals surface area contributed by atoms with Gasteiger partial charge in [0.1, 0.15) is 18.2 Å². The first-order chi connectivity index (χ1) is 10.6. The van der Waals surface area contributed by atoms with Gasteiger partial charge < -0.3 is 10.1 Å². The maximum Gasteiger partial charge on any atom is 0.338 e. The number of nitrogens with one attached hydrogen (secondary N) is 1. The lowest BCUT2D eigenvalue weighted by molar-refractivity contribution is -0.139. The van der Waals surface area contributed by atoms with Crippen molar-refractivity contribution in [2.45, 2.75) is 19.9 Å². The number of benzene rings is 1. The summed E-state index contributed by atoms with van der Waals surface area (Å²) in [5.41, 5.74) is 1.82. The Morgan fingerprint density at radius 3 is 2.82 bits per heavy atom. The second-order valence-corrected chi connectivity index (χ2v) is 4.87. The third-order valence-corrected chi connectivity index (χ3v) is 3.48. The number of rotatable bonds is 3. The number of ether oxygens (including phenoxy) is 1. The molecule has 0 saturated carbocycles. The summed E-state index contributed by atoms with van der Waals surface area (Å²) in [7, 11) is 0. The average Bonchev–Trinajstić information content (AvgIpc) is 2.94. The molecule has 0 amide bonds. The molecule has 0 bridgehead atoms. The van der Waals surface area contributed by atoms with Crippen molar-refractivity contribution in [2.75, 3.05) is 11.9 Å². The van der Waals surface area contributed by atoms with Crippen LogP contribution in [-0.2, 0) is 9.53 Å². The second-order valence-electron chi connectivity index (χ2n) is 4.87. The van der Waals surface area contributed by atoms with E-state index in [0.29, 0.717) is 17.2 Å². The predicted molar refractivity (Wildman–Crippen MR) is 77.5 cm³/mol. The van der Waals surface area contributed by atoms with Gasteiger partial charge in [-0.25, -0.2) is 13.9 Å². The zero-order chi connectivity index (χ0) is 15.7. The number of nitrogens with zero attached hydrogens (tertiary/aromatic N) is 3. The molecule has 1 aromatic carbocycles. The third-order valence-electron chi connectivity index (χ3n) is 3.48. The summed E-state index contributed by atoms with van der Waals surface area (Å²) in [4.78, 5) is 16.5. The van der Waals surface area contributed by atoms with Gasteiger partial charge in [0.25, 0.3) is 0 Å². The predicted octanol–water partition coefficient (Wildman–Crippen LogP) is 2.27. The maximum absolute atomic E-state index is 13.2.